The zero-order chi connectivity index (χ0) is 24.2. The standard InChI is InChI=1S/C24H24F4N2O3S/c25-15-6-9-19(26)18(11-15)17-3-1-2-14(22(17)28)10-21-23(29-34(32,33)16-7-8-16)20(27)12-30(21)24(31)13-4-5-13/h1-3,6,9,11,13,16,20-21,23,29H,4-5,7-8,10,12H2/t20-,21-,23-/m0/s1. The molecule has 3 atom stereocenters. The highest BCUT2D eigenvalue weighted by molar-refractivity contribution is 7.90. The van der Waals surface area contributed by atoms with E-state index in [9.17, 15) is 22.0 Å². The summed E-state index contributed by atoms with van der Waals surface area (Å²) in [5.41, 5.74) is -0.366. The molecule has 2 aliphatic carbocycles. The lowest BCUT2D eigenvalue weighted by atomic mass is 9.95. The van der Waals surface area contributed by atoms with Gasteiger partial charge in [-0.3, -0.25) is 4.79 Å². The second kappa shape index (κ2) is 8.64. The van der Waals surface area contributed by atoms with E-state index in [4.69, 9.17) is 0 Å². The van der Waals surface area contributed by atoms with Crippen molar-refractivity contribution in [3.05, 3.63) is 59.4 Å². The van der Waals surface area contributed by atoms with Gasteiger partial charge in [0, 0.05) is 17.0 Å². The SMILES string of the molecule is O=C(C1CC1)N1C[C@H](F)[C@H](NS(=O)(=O)C2CC2)[C@@H]1Cc1cccc(-c2cc(F)ccc2F)c1F. The van der Waals surface area contributed by atoms with E-state index in [-0.39, 0.29) is 41.5 Å². The van der Waals surface area contributed by atoms with Gasteiger partial charge in [-0.25, -0.2) is 30.7 Å². The maximum absolute atomic E-state index is 15.5. The molecule has 2 saturated carbocycles. The second-order valence-corrected chi connectivity index (χ2v) is 11.3. The molecule has 1 saturated heterocycles. The average Bonchev–Trinajstić information content (AvgIpc) is 3.69. The fourth-order valence-corrected chi connectivity index (χ4v) is 6.25. The Hall–Kier alpha value is -2.46. The Kier molecular flexibility index (Phi) is 5.92. The Balaban J connectivity index is 1.49. The molecule has 5 nitrogen and oxygen atoms in total. The number of likely N-dealkylation sites (tertiary alicyclic amines) is 1. The number of nitrogens with zero attached hydrogens (tertiary/aromatic N) is 1. The van der Waals surface area contributed by atoms with Crippen LogP contribution in [0.3, 0.4) is 0 Å². The van der Waals surface area contributed by atoms with Crippen molar-refractivity contribution in [1.82, 2.24) is 9.62 Å². The highest BCUT2D eigenvalue weighted by atomic mass is 32.2. The van der Waals surface area contributed by atoms with Gasteiger partial charge in [0.15, 0.2) is 0 Å². The lowest BCUT2D eigenvalue weighted by molar-refractivity contribution is -0.133. The minimum absolute atomic E-state index is 0.0597. The maximum atomic E-state index is 15.5. The van der Waals surface area contributed by atoms with E-state index >= 15 is 8.78 Å². The van der Waals surface area contributed by atoms with Gasteiger partial charge in [-0.15, -0.1) is 0 Å². The molecular weight excluding hydrogens is 472 g/mol. The molecule has 2 aromatic rings. The number of halogens is 4. The van der Waals surface area contributed by atoms with Crippen molar-refractivity contribution in [2.75, 3.05) is 6.54 Å². The van der Waals surface area contributed by atoms with Crippen LogP contribution in [0, 0.1) is 23.4 Å². The molecule has 0 bridgehead atoms. The lowest BCUT2D eigenvalue weighted by Gasteiger charge is -2.29. The van der Waals surface area contributed by atoms with Crippen molar-refractivity contribution in [2.45, 2.75) is 55.6 Å². The molecular formula is C24H24F4N2O3S. The number of nitrogens with one attached hydrogen (secondary N) is 1. The van der Waals surface area contributed by atoms with Crippen LogP contribution < -0.4 is 4.72 Å². The lowest BCUT2D eigenvalue weighted by Crippen LogP contribution is -2.50. The van der Waals surface area contributed by atoms with Crippen LogP contribution >= 0.6 is 0 Å². The molecule has 1 amide bonds. The van der Waals surface area contributed by atoms with Gasteiger partial charge in [-0.05, 0) is 55.9 Å². The number of hydrogen-bond donors (Lipinski definition) is 1. The van der Waals surface area contributed by atoms with Crippen LogP contribution in [0.4, 0.5) is 17.6 Å². The van der Waals surface area contributed by atoms with E-state index in [1.807, 2.05) is 0 Å². The highest BCUT2D eigenvalue weighted by Gasteiger charge is 2.50. The van der Waals surface area contributed by atoms with Crippen LogP contribution in [0.5, 0.6) is 0 Å². The monoisotopic (exact) mass is 496 g/mol. The largest absolute Gasteiger partial charge is 0.334 e. The molecule has 5 rings (SSSR count). The molecule has 3 aliphatic rings. The number of sulfonamides is 1. The topological polar surface area (TPSA) is 66.5 Å². The first-order chi connectivity index (χ1) is 16.2. The second-order valence-electron chi connectivity index (χ2n) is 9.34. The molecule has 34 heavy (non-hydrogen) atoms. The first kappa shape index (κ1) is 23.3. The molecule has 0 spiro atoms. The normalized spacial score (nSPS) is 25.1. The summed E-state index contributed by atoms with van der Waals surface area (Å²) in [6.07, 6.45) is 0.524. The van der Waals surface area contributed by atoms with Crippen molar-refractivity contribution in [1.29, 1.82) is 0 Å². The molecule has 1 N–H and O–H groups in total. The zero-order valence-electron chi connectivity index (χ0n) is 18.2. The Morgan fingerprint density at radius 3 is 2.44 bits per heavy atom. The fourth-order valence-electron chi connectivity index (χ4n) is 4.62. The first-order valence-corrected chi connectivity index (χ1v) is 12.9. The van der Waals surface area contributed by atoms with Crippen molar-refractivity contribution in [2.24, 2.45) is 5.92 Å². The van der Waals surface area contributed by atoms with Gasteiger partial charge in [0.05, 0.1) is 23.9 Å². The van der Waals surface area contributed by atoms with Crippen LogP contribution in [-0.4, -0.2) is 49.3 Å². The van der Waals surface area contributed by atoms with Gasteiger partial charge in [0.25, 0.3) is 0 Å². The molecule has 1 heterocycles. The molecule has 182 valence electrons. The predicted molar refractivity (Wildman–Crippen MR) is 117 cm³/mol. The van der Waals surface area contributed by atoms with Crippen molar-refractivity contribution >= 4 is 15.9 Å². The third kappa shape index (κ3) is 4.45. The van der Waals surface area contributed by atoms with Gasteiger partial charge in [0.2, 0.25) is 15.9 Å². The number of hydrogen-bond acceptors (Lipinski definition) is 3. The molecule has 0 unspecified atom stereocenters. The van der Waals surface area contributed by atoms with E-state index in [0.29, 0.717) is 25.7 Å². The predicted octanol–water partition coefficient (Wildman–Crippen LogP) is 3.72. The summed E-state index contributed by atoms with van der Waals surface area (Å²) in [6, 6.07) is 4.76. The van der Waals surface area contributed by atoms with Gasteiger partial charge in [-0.2, -0.15) is 0 Å². The highest BCUT2D eigenvalue weighted by Crippen LogP contribution is 2.37. The van der Waals surface area contributed by atoms with Crippen LogP contribution in [0.2, 0.25) is 0 Å². The summed E-state index contributed by atoms with van der Waals surface area (Å²) >= 11 is 0. The van der Waals surface area contributed by atoms with Crippen LogP contribution in [-0.2, 0) is 21.2 Å². The summed E-state index contributed by atoms with van der Waals surface area (Å²) in [4.78, 5) is 14.2. The third-order valence-electron chi connectivity index (χ3n) is 6.78. The van der Waals surface area contributed by atoms with E-state index < -0.39 is 51.0 Å². The summed E-state index contributed by atoms with van der Waals surface area (Å²) in [7, 11) is -3.77. The minimum Gasteiger partial charge on any atom is -0.334 e. The number of amides is 1. The number of carbonyl (C=O) groups is 1. The Morgan fingerprint density at radius 1 is 1.03 bits per heavy atom. The summed E-state index contributed by atoms with van der Waals surface area (Å²) in [5, 5.41) is -0.579. The number of benzene rings is 2. The Morgan fingerprint density at radius 2 is 1.76 bits per heavy atom. The van der Waals surface area contributed by atoms with Crippen LogP contribution in [0.25, 0.3) is 11.1 Å². The van der Waals surface area contributed by atoms with Crippen molar-refractivity contribution < 1.29 is 30.8 Å². The van der Waals surface area contributed by atoms with Crippen LogP contribution in [0.1, 0.15) is 31.2 Å². The quantitative estimate of drug-likeness (QED) is 0.595. The first-order valence-electron chi connectivity index (χ1n) is 11.3. The molecule has 0 aromatic heterocycles. The smallest absolute Gasteiger partial charge is 0.226 e. The molecule has 0 radical (unpaired) electrons. The number of rotatable bonds is 7. The van der Waals surface area contributed by atoms with Crippen molar-refractivity contribution in [3.8, 4) is 11.1 Å². The van der Waals surface area contributed by atoms with Gasteiger partial charge < -0.3 is 4.90 Å². The molecule has 2 aromatic carbocycles. The van der Waals surface area contributed by atoms with Crippen LogP contribution in [0.15, 0.2) is 36.4 Å². The fraction of sp³-hybridized carbons (Fsp3) is 0.458. The number of carbonyl (C=O) groups excluding carboxylic acids is 1. The Labute approximate surface area is 195 Å². The van der Waals surface area contributed by atoms with E-state index in [2.05, 4.69) is 4.72 Å². The minimum atomic E-state index is -3.77. The van der Waals surface area contributed by atoms with Gasteiger partial charge in [0.1, 0.15) is 23.6 Å². The average molecular weight is 497 g/mol. The van der Waals surface area contributed by atoms with E-state index in [1.54, 1.807) is 0 Å². The maximum Gasteiger partial charge on any atom is 0.226 e. The Bertz CT molecular complexity index is 1230. The zero-order valence-corrected chi connectivity index (χ0v) is 19.0. The van der Waals surface area contributed by atoms with Gasteiger partial charge >= 0.3 is 0 Å². The molecule has 10 heteroatoms. The van der Waals surface area contributed by atoms with Gasteiger partial charge in [-0.1, -0.05) is 18.2 Å². The number of alkyl halides is 1. The molecule has 1 aliphatic heterocycles. The summed E-state index contributed by atoms with van der Waals surface area (Å²) in [6.45, 7) is -0.280. The summed E-state index contributed by atoms with van der Waals surface area (Å²) < 4.78 is 86.1. The van der Waals surface area contributed by atoms with E-state index in [1.165, 1.54) is 23.1 Å². The molecule has 3 fully saturated rings. The summed E-state index contributed by atoms with van der Waals surface area (Å²) in [5.74, 6) is -2.85. The van der Waals surface area contributed by atoms with E-state index in [0.717, 1.165) is 18.2 Å². The third-order valence-corrected chi connectivity index (χ3v) is 8.72. The van der Waals surface area contributed by atoms with Crippen molar-refractivity contribution in [3.63, 3.8) is 0 Å².